The van der Waals surface area contributed by atoms with Gasteiger partial charge in [-0.2, -0.15) is 0 Å². The third kappa shape index (κ3) is 3.04. The van der Waals surface area contributed by atoms with Crippen molar-refractivity contribution < 1.29 is 8.42 Å². The average Bonchev–Trinajstić information content (AvgIpc) is 2.91. The lowest BCUT2D eigenvalue weighted by atomic mass is 10.5. The van der Waals surface area contributed by atoms with Gasteiger partial charge >= 0.3 is 0 Å². The first-order chi connectivity index (χ1) is 7.07. The van der Waals surface area contributed by atoms with E-state index in [0.717, 1.165) is 12.8 Å². The number of nitrogens with one attached hydrogen (secondary N) is 1. The van der Waals surface area contributed by atoms with Crippen LogP contribution in [-0.4, -0.2) is 24.1 Å². The second kappa shape index (κ2) is 3.94. The number of nitrogens with zero attached hydrogens (tertiary/aromatic N) is 2. The fourth-order valence-corrected chi connectivity index (χ4v) is 2.86. The fraction of sp³-hybridized carbons (Fsp3) is 0.500. The zero-order valence-corrected chi connectivity index (χ0v) is 9.42. The Balaban J connectivity index is 2.10. The molecule has 0 radical (unpaired) electrons. The van der Waals surface area contributed by atoms with Crippen LogP contribution < -0.4 is 4.72 Å². The highest BCUT2D eigenvalue weighted by molar-refractivity contribution is 7.92. The molecule has 0 atom stereocenters. The van der Waals surface area contributed by atoms with Crippen LogP contribution in [0, 0.1) is 5.92 Å². The molecule has 0 bridgehead atoms. The van der Waals surface area contributed by atoms with Gasteiger partial charge in [0.1, 0.15) is 0 Å². The van der Waals surface area contributed by atoms with E-state index in [0.29, 0.717) is 0 Å². The molecule has 82 valence electrons. The lowest BCUT2D eigenvalue weighted by Gasteiger charge is -2.06. The molecule has 1 aromatic rings. The second-order valence-corrected chi connectivity index (χ2v) is 5.65. The molecule has 0 aliphatic heterocycles. The first-order valence-corrected chi connectivity index (χ1v) is 6.57. The van der Waals surface area contributed by atoms with Gasteiger partial charge in [-0.15, -0.1) is 0 Å². The number of hydrogen-bond acceptors (Lipinski definition) is 4. The van der Waals surface area contributed by atoms with E-state index >= 15 is 0 Å². The molecular weight excluding hydrogens is 238 g/mol. The molecule has 1 aliphatic rings. The minimum atomic E-state index is -3.33. The quantitative estimate of drug-likeness (QED) is 0.870. The van der Waals surface area contributed by atoms with Crippen molar-refractivity contribution in [2.45, 2.75) is 12.8 Å². The summed E-state index contributed by atoms with van der Waals surface area (Å²) in [7, 11) is -3.33. The summed E-state index contributed by atoms with van der Waals surface area (Å²) in [6, 6.07) is 0. The van der Waals surface area contributed by atoms with E-state index in [1.807, 2.05) is 0 Å². The Hall–Kier alpha value is -0.880. The molecule has 1 aromatic heterocycles. The number of halogens is 1. The van der Waals surface area contributed by atoms with Crippen molar-refractivity contribution >= 4 is 27.4 Å². The lowest BCUT2D eigenvalue weighted by Crippen LogP contribution is -2.19. The van der Waals surface area contributed by atoms with Crippen molar-refractivity contribution in [3.05, 3.63) is 17.5 Å². The number of rotatable bonds is 4. The maximum Gasteiger partial charge on any atom is 0.234 e. The topological polar surface area (TPSA) is 72.0 Å². The maximum atomic E-state index is 11.6. The van der Waals surface area contributed by atoms with Gasteiger partial charge in [0.25, 0.3) is 0 Å². The predicted molar refractivity (Wildman–Crippen MR) is 57.2 cm³/mol. The third-order valence-electron chi connectivity index (χ3n) is 2.06. The van der Waals surface area contributed by atoms with Crippen LogP contribution in [0.5, 0.6) is 0 Å². The Morgan fingerprint density at radius 1 is 1.40 bits per heavy atom. The molecule has 7 heteroatoms. The van der Waals surface area contributed by atoms with Gasteiger partial charge in [-0.3, -0.25) is 4.72 Å². The van der Waals surface area contributed by atoms with E-state index in [9.17, 15) is 8.42 Å². The summed E-state index contributed by atoms with van der Waals surface area (Å²) in [5, 5.41) is 0.0665. The first-order valence-electron chi connectivity index (χ1n) is 4.54. The summed E-state index contributed by atoms with van der Waals surface area (Å²) in [6.07, 6.45) is 4.76. The highest BCUT2D eigenvalue weighted by Gasteiger charge is 2.28. The van der Waals surface area contributed by atoms with Gasteiger partial charge in [-0.05, 0) is 18.8 Å². The van der Waals surface area contributed by atoms with Crippen LogP contribution >= 0.6 is 11.6 Å². The Morgan fingerprint density at radius 3 is 2.67 bits per heavy atom. The molecular formula is C8H10ClN3O2S. The molecule has 1 aliphatic carbocycles. The largest absolute Gasteiger partial charge is 0.265 e. The fourth-order valence-electron chi connectivity index (χ4n) is 1.17. The molecule has 0 spiro atoms. The maximum absolute atomic E-state index is 11.6. The molecule has 1 N–H and O–H groups in total. The van der Waals surface area contributed by atoms with Crippen LogP contribution in [-0.2, 0) is 10.0 Å². The van der Waals surface area contributed by atoms with Gasteiger partial charge in [0.05, 0.1) is 5.75 Å². The molecule has 2 rings (SSSR count). The van der Waals surface area contributed by atoms with Crippen LogP contribution in [0.1, 0.15) is 12.8 Å². The van der Waals surface area contributed by atoms with Crippen LogP contribution in [0.4, 0.5) is 5.82 Å². The van der Waals surface area contributed by atoms with Crippen molar-refractivity contribution in [3.63, 3.8) is 0 Å². The second-order valence-electron chi connectivity index (χ2n) is 3.52. The summed E-state index contributed by atoms with van der Waals surface area (Å²) >= 11 is 5.68. The smallest absolute Gasteiger partial charge is 0.234 e. The highest BCUT2D eigenvalue weighted by Crippen LogP contribution is 2.30. The summed E-state index contributed by atoms with van der Waals surface area (Å²) in [5.41, 5.74) is 0. The van der Waals surface area contributed by atoms with E-state index in [1.54, 1.807) is 0 Å². The Bertz CT molecular complexity index is 459. The third-order valence-corrected chi connectivity index (χ3v) is 3.75. The first kappa shape index (κ1) is 10.6. The van der Waals surface area contributed by atoms with E-state index in [1.165, 1.54) is 12.4 Å². The normalized spacial score (nSPS) is 16.3. The predicted octanol–water partition coefficient (Wildman–Crippen LogP) is 1.28. The van der Waals surface area contributed by atoms with Crippen molar-refractivity contribution in [2.75, 3.05) is 10.5 Å². The van der Waals surface area contributed by atoms with Gasteiger partial charge in [-0.1, -0.05) is 11.6 Å². The van der Waals surface area contributed by atoms with Crippen molar-refractivity contribution in [1.29, 1.82) is 0 Å². The summed E-state index contributed by atoms with van der Waals surface area (Å²) < 4.78 is 25.5. The van der Waals surface area contributed by atoms with Gasteiger partial charge in [0.15, 0.2) is 11.0 Å². The zero-order chi connectivity index (χ0) is 10.9. The Morgan fingerprint density at radius 2 is 2.07 bits per heavy atom. The molecule has 15 heavy (non-hydrogen) atoms. The molecule has 1 fully saturated rings. The summed E-state index contributed by atoms with van der Waals surface area (Å²) in [6.45, 7) is 0. The van der Waals surface area contributed by atoms with Crippen LogP contribution in [0.25, 0.3) is 0 Å². The SMILES string of the molecule is O=S(=O)(CC1CC1)Nc1nccnc1Cl. The van der Waals surface area contributed by atoms with Gasteiger partial charge < -0.3 is 0 Å². The van der Waals surface area contributed by atoms with E-state index in [2.05, 4.69) is 14.7 Å². The molecule has 0 unspecified atom stereocenters. The number of hydrogen-bond donors (Lipinski definition) is 1. The summed E-state index contributed by atoms with van der Waals surface area (Å²) in [4.78, 5) is 7.54. The molecule has 1 saturated carbocycles. The molecule has 0 saturated heterocycles. The van der Waals surface area contributed by atoms with Crippen molar-refractivity contribution in [1.82, 2.24) is 9.97 Å². The van der Waals surface area contributed by atoms with Gasteiger partial charge in [-0.25, -0.2) is 18.4 Å². The van der Waals surface area contributed by atoms with E-state index < -0.39 is 10.0 Å². The molecule has 0 aromatic carbocycles. The van der Waals surface area contributed by atoms with Gasteiger partial charge in [0, 0.05) is 12.4 Å². The molecule has 0 amide bonds. The Labute approximate surface area is 92.9 Å². The summed E-state index contributed by atoms with van der Waals surface area (Å²) in [5.74, 6) is 0.526. The van der Waals surface area contributed by atoms with E-state index in [-0.39, 0.29) is 22.6 Å². The van der Waals surface area contributed by atoms with Crippen LogP contribution in [0.2, 0.25) is 5.15 Å². The standard InChI is InChI=1S/C8H10ClN3O2S/c9-7-8(11-4-3-10-7)12-15(13,14)5-6-1-2-6/h3-4,6H,1-2,5H2,(H,11,12). The minimum absolute atomic E-state index is 0.0665. The van der Waals surface area contributed by atoms with Crippen LogP contribution in [0.3, 0.4) is 0 Å². The van der Waals surface area contributed by atoms with Crippen LogP contribution in [0.15, 0.2) is 12.4 Å². The van der Waals surface area contributed by atoms with E-state index in [4.69, 9.17) is 11.6 Å². The Kier molecular flexibility index (Phi) is 2.79. The minimum Gasteiger partial charge on any atom is -0.265 e. The van der Waals surface area contributed by atoms with Gasteiger partial charge in [0.2, 0.25) is 10.0 Å². The van der Waals surface area contributed by atoms with Crippen molar-refractivity contribution in [2.24, 2.45) is 5.92 Å². The highest BCUT2D eigenvalue weighted by atomic mass is 35.5. The lowest BCUT2D eigenvalue weighted by molar-refractivity contribution is 0.597. The molecule has 1 heterocycles. The molecule has 5 nitrogen and oxygen atoms in total. The number of anilines is 1. The number of sulfonamides is 1. The number of aromatic nitrogens is 2. The average molecular weight is 248 g/mol. The zero-order valence-electron chi connectivity index (χ0n) is 7.85. The van der Waals surface area contributed by atoms with Crippen molar-refractivity contribution in [3.8, 4) is 0 Å². The monoisotopic (exact) mass is 247 g/mol.